The summed E-state index contributed by atoms with van der Waals surface area (Å²) in [6.07, 6.45) is 0.906. The Hall–Kier alpha value is -0.100. The summed E-state index contributed by atoms with van der Waals surface area (Å²) in [6.45, 7) is 0.703. The van der Waals surface area contributed by atoms with E-state index in [1.54, 1.807) is 7.11 Å². The second-order valence-electron chi connectivity index (χ2n) is 3.32. The molecule has 3 nitrogen and oxygen atoms in total. The van der Waals surface area contributed by atoms with Crippen molar-refractivity contribution in [2.75, 3.05) is 13.7 Å². The number of hydrogen-bond acceptors (Lipinski definition) is 3. The van der Waals surface area contributed by atoms with Crippen molar-refractivity contribution in [1.29, 1.82) is 0 Å². The minimum absolute atomic E-state index is 0.188. The van der Waals surface area contributed by atoms with E-state index in [-0.39, 0.29) is 6.04 Å². The van der Waals surface area contributed by atoms with Gasteiger partial charge in [-0.05, 0) is 28.1 Å². The third-order valence-corrected chi connectivity index (χ3v) is 3.37. The highest BCUT2D eigenvalue weighted by Crippen LogP contribution is 2.40. The van der Waals surface area contributed by atoms with Gasteiger partial charge in [-0.1, -0.05) is 15.9 Å². The Kier molecular flexibility index (Phi) is 3.66. The average molecular weight is 337 g/mol. The molecule has 0 fully saturated rings. The molecule has 1 unspecified atom stereocenters. The molecule has 0 aliphatic carbocycles. The lowest BCUT2D eigenvalue weighted by Gasteiger charge is -2.26. The third kappa shape index (κ3) is 2.36. The first-order valence-corrected chi connectivity index (χ1v) is 6.21. The summed E-state index contributed by atoms with van der Waals surface area (Å²) < 4.78 is 7.62. The zero-order valence-corrected chi connectivity index (χ0v) is 11.4. The number of hydroxylamine groups is 1. The topological polar surface area (TPSA) is 30.5 Å². The molecular weight excluding hydrogens is 326 g/mol. The van der Waals surface area contributed by atoms with Crippen molar-refractivity contribution in [3.8, 4) is 5.75 Å². The Labute approximate surface area is 105 Å². The van der Waals surface area contributed by atoms with Crippen molar-refractivity contribution in [2.24, 2.45) is 0 Å². The van der Waals surface area contributed by atoms with Crippen LogP contribution in [0.25, 0.3) is 0 Å². The van der Waals surface area contributed by atoms with E-state index in [0.717, 1.165) is 26.7 Å². The standard InChI is InChI=1S/C10H11Br2NO2/c1-14-13-9-2-3-15-10-7(9)4-6(11)5-8(10)12/h4-5,9,13H,2-3H2,1H3. The normalized spacial score (nSPS) is 19.5. The van der Waals surface area contributed by atoms with E-state index in [4.69, 9.17) is 9.57 Å². The van der Waals surface area contributed by atoms with Crippen molar-refractivity contribution < 1.29 is 9.57 Å². The van der Waals surface area contributed by atoms with Crippen molar-refractivity contribution in [3.63, 3.8) is 0 Å². The second-order valence-corrected chi connectivity index (χ2v) is 5.09. The Morgan fingerprint density at radius 2 is 2.27 bits per heavy atom. The third-order valence-electron chi connectivity index (χ3n) is 2.33. The van der Waals surface area contributed by atoms with Gasteiger partial charge in [0.15, 0.2) is 0 Å². The maximum Gasteiger partial charge on any atom is 0.138 e. The predicted molar refractivity (Wildman–Crippen MR) is 64.8 cm³/mol. The highest BCUT2D eigenvalue weighted by molar-refractivity contribution is 9.11. The number of benzene rings is 1. The van der Waals surface area contributed by atoms with Gasteiger partial charge in [0, 0.05) is 16.5 Å². The van der Waals surface area contributed by atoms with Crippen molar-refractivity contribution in [1.82, 2.24) is 5.48 Å². The SMILES string of the molecule is CONC1CCOc2c(Br)cc(Br)cc21. The van der Waals surface area contributed by atoms with Crippen LogP contribution in [0.1, 0.15) is 18.0 Å². The van der Waals surface area contributed by atoms with Crippen LogP contribution in [0.2, 0.25) is 0 Å². The number of rotatable bonds is 2. The molecule has 0 amide bonds. The molecule has 0 saturated heterocycles. The summed E-state index contributed by atoms with van der Waals surface area (Å²) in [4.78, 5) is 4.98. The van der Waals surface area contributed by atoms with Crippen LogP contribution in [0.4, 0.5) is 0 Å². The van der Waals surface area contributed by atoms with Crippen LogP contribution in [-0.2, 0) is 4.84 Å². The van der Waals surface area contributed by atoms with Crippen LogP contribution in [0, 0.1) is 0 Å². The Morgan fingerprint density at radius 3 is 3.00 bits per heavy atom. The van der Waals surface area contributed by atoms with Gasteiger partial charge in [0.05, 0.1) is 24.2 Å². The quantitative estimate of drug-likeness (QED) is 0.841. The predicted octanol–water partition coefficient (Wildman–Crippen LogP) is 3.19. The van der Waals surface area contributed by atoms with Crippen LogP contribution in [0.15, 0.2) is 21.1 Å². The van der Waals surface area contributed by atoms with E-state index in [9.17, 15) is 0 Å². The molecular formula is C10H11Br2NO2. The largest absolute Gasteiger partial charge is 0.492 e. The number of ether oxygens (including phenoxy) is 1. The lowest BCUT2D eigenvalue weighted by atomic mass is 10.0. The maximum atomic E-state index is 5.62. The van der Waals surface area contributed by atoms with Gasteiger partial charge in [-0.25, -0.2) is 0 Å². The van der Waals surface area contributed by atoms with Gasteiger partial charge in [0.25, 0.3) is 0 Å². The molecule has 5 heteroatoms. The maximum absolute atomic E-state index is 5.62. The molecule has 82 valence electrons. The van der Waals surface area contributed by atoms with E-state index >= 15 is 0 Å². The first kappa shape index (κ1) is 11.4. The molecule has 2 rings (SSSR count). The average Bonchev–Trinajstić information content (AvgIpc) is 2.19. The number of nitrogens with one attached hydrogen (secondary N) is 1. The molecule has 1 aromatic rings. The number of hydrogen-bond donors (Lipinski definition) is 1. The van der Waals surface area contributed by atoms with Gasteiger partial charge >= 0.3 is 0 Å². The summed E-state index contributed by atoms with van der Waals surface area (Å²) in [5.41, 5.74) is 4.09. The smallest absolute Gasteiger partial charge is 0.138 e. The second kappa shape index (κ2) is 4.82. The van der Waals surface area contributed by atoms with E-state index in [1.165, 1.54) is 0 Å². The molecule has 1 N–H and O–H groups in total. The van der Waals surface area contributed by atoms with Gasteiger partial charge in [-0.3, -0.25) is 0 Å². The van der Waals surface area contributed by atoms with Crippen LogP contribution >= 0.6 is 31.9 Å². The fraction of sp³-hybridized carbons (Fsp3) is 0.400. The molecule has 0 spiro atoms. The fourth-order valence-electron chi connectivity index (χ4n) is 1.69. The molecule has 1 aromatic carbocycles. The summed E-state index contributed by atoms with van der Waals surface area (Å²) in [6, 6.07) is 4.22. The summed E-state index contributed by atoms with van der Waals surface area (Å²) in [5, 5.41) is 0. The summed E-state index contributed by atoms with van der Waals surface area (Å²) in [7, 11) is 1.63. The number of halogens is 2. The fourth-order valence-corrected chi connectivity index (χ4v) is 3.06. The Morgan fingerprint density at radius 1 is 1.47 bits per heavy atom. The molecule has 1 aliphatic heterocycles. The van der Waals surface area contributed by atoms with Crippen LogP contribution in [-0.4, -0.2) is 13.7 Å². The first-order valence-electron chi connectivity index (χ1n) is 4.62. The van der Waals surface area contributed by atoms with Crippen LogP contribution in [0.3, 0.4) is 0 Å². The van der Waals surface area contributed by atoms with Crippen molar-refractivity contribution >= 4 is 31.9 Å². The monoisotopic (exact) mass is 335 g/mol. The van der Waals surface area contributed by atoms with E-state index < -0.39 is 0 Å². The minimum Gasteiger partial charge on any atom is -0.492 e. The van der Waals surface area contributed by atoms with Gasteiger partial charge in [0.1, 0.15) is 5.75 Å². The van der Waals surface area contributed by atoms with E-state index in [1.807, 2.05) is 6.07 Å². The lowest BCUT2D eigenvalue weighted by Crippen LogP contribution is -2.26. The van der Waals surface area contributed by atoms with Crippen LogP contribution in [0.5, 0.6) is 5.75 Å². The van der Waals surface area contributed by atoms with Gasteiger partial charge < -0.3 is 9.57 Å². The number of fused-ring (bicyclic) bond motifs is 1. The zero-order chi connectivity index (χ0) is 10.8. The van der Waals surface area contributed by atoms with Crippen molar-refractivity contribution in [2.45, 2.75) is 12.5 Å². The summed E-state index contributed by atoms with van der Waals surface area (Å²) >= 11 is 6.95. The molecule has 0 radical (unpaired) electrons. The Bertz CT molecular complexity index is 371. The van der Waals surface area contributed by atoms with Crippen LogP contribution < -0.4 is 10.2 Å². The van der Waals surface area contributed by atoms with Crippen molar-refractivity contribution in [3.05, 3.63) is 26.6 Å². The van der Waals surface area contributed by atoms with Gasteiger partial charge in [-0.15, -0.1) is 0 Å². The van der Waals surface area contributed by atoms with E-state index in [0.29, 0.717) is 6.61 Å². The highest BCUT2D eigenvalue weighted by Gasteiger charge is 2.23. The molecule has 15 heavy (non-hydrogen) atoms. The zero-order valence-electron chi connectivity index (χ0n) is 8.22. The highest BCUT2D eigenvalue weighted by atomic mass is 79.9. The van der Waals surface area contributed by atoms with Gasteiger partial charge in [-0.2, -0.15) is 5.48 Å². The molecule has 0 aromatic heterocycles. The van der Waals surface area contributed by atoms with E-state index in [2.05, 4.69) is 43.4 Å². The summed E-state index contributed by atoms with van der Waals surface area (Å²) in [5.74, 6) is 0.902. The minimum atomic E-state index is 0.188. The first-order chi connectivity index (χ1) is 7.22. The molecule has 1 aliphatic rings. The van der Waals surface area contributed by atoms with Gasteiger partial charge in [0.2, 0.25) is 0 Å². The molecule has 1 heterocycles. The molecule has 0 bridgehead atoms. The molecule has 1 atom stereocenters. The molecule has 0 saturated carbocycles. The lowest BCUT2D eigenvalue weighted by molar-refractivity contribution is 0.0461. The Balaban J connectivity index is 2.41.